The third kappa shape index (κ3) is 4.43. The Labute approximate surface area is 160 Å². The molecule has 1 aromatic heterocycles. The monoisotopic (exact) mass is 382 g/mol. The number of nitrogens with one attached hydrogen (secondary N) is 1. The van der Waals surface area contributed by atoms with E-state index in [4.69, 9.17) is 16.0 Å². The molecule has 0 atom stereocenters. The number of nitrogens with zero attached hydrogens (tertiary/aromatic N) is 1. The van der Waals surface area contributed by atoms with Gasteiger partial charge in [-0.25, -0.2) is 10.2 Å². The van der Waals surface area contributed by atoms with Crippen molar-refractivity contribution in [1.29, 1.82) is 0 Å². The van der Waals surface area contributed by atoms with E-state index in [-0.39, 0.29) is 16.5 Å². The number of hydrazone groups is 1. The molecule has 1 amide bonds. The van der Waals surface area contributed by atoms with Crippen LogP contribution in [-0.2, 0) is 4.74 Å². The van der Waals surface area contributed by atoms with Gasteiger partial charge in [0.05, 0.1) is 23.9 Å². The molecule has 0 spiro atoms. The molecule has 0 fully saturated rings. The van der Waals surface area contributed by atoms with E-state index in [0.717, 1.165) is 0 Å². The maximum atomic E-state index is 11.9. The maximum Gasteiger partial charge on any atom is 0.339 e. The van der Waals surface area contributed by atoms with Gasteiger partial charge in [-0.15, -0.1) is 0 Å². The fourth-order valence-electron chi connectivity index (χ4n) is 2.33. The molecule has 0 aliphatic heterocycles. The van der Waals surface area contributed by atoms with Gasteiger partial charge in [0.15, 0.2) is 0 Å². The molecule has 0 aliphatic rings. The standard InChI is InChI=1S/C20H15ClN2O4/c1-26-20(25)16-9-7-14(11-17(16)21)18-10-8-15(27-18)12-22-23-19(24)13-5-3-2-4-6-13/h2-12H,1H3,(H,23,24)/b22-12-. The molecular weight excluding hydrogens is 368 g/mol. The number of carbonyl (C=O) groups excluding carboxylic acids is 2. The summed E-state index contributed by atoms with van der Waals surface area (Å²) in [6.45, 7) is 0. The molecule has 6 nitrogen and oxygen atoms in total. The summed E-state index contributed by atoms with van der Waals surface area (Å²) in [4.78, 5) is 23.5. The van der Waals surface area contributed by atoms with Crippen LogP contribution in [0.2, 0.25) is 5.02 Å². The van der Waals surface area contributed by atoms with Crippen LogP contribution in [0, 0.1) is 0 Å². The number of amides is 1. The van der Waals surface area contributed by atoms with Crippen molar-refractivity contribution in [1.82, 2.24) is 5.43 Å². The highest BCUT2D eigenvalue weighted by atomic mass is 35.5. The summed E-state index contributed by atoms with van der Waals surface area (Å²) in [6, 6.07) is 17.1. The molecule has 1 N–H and O–H groups in total. The maximum absolute atomic E-state index is 11.9. The molecule has 3 aromatic rings. The van der Waals surface area contributed by atoms with Crippen LogP contribution in [0.3, 0.4) is 0 Å². The smallest absolute Gasteiger partial charge is 0.339 e. The quantitative estimate of drug-likeness (QED) is 0.408. The van der Waals surface area contributed by atoms with E-state index in [1.807, 2.05) is 6.07 Å². The number of methoxy groups -OCH3 is 1. The molecule has 2 aromatic carbocycles. The minimum atomic E-state index is -0.507. The first-order chi connectivity index (χ1) is 13.1. The molecule has 3 rings (SSSR count). The van der Waals surface area contributed by atoms with Crippen molar-refractivity contribution in [3.05, 3.63) is 82.6 Å². The van der Waals surface area contributed by atoms with Gasteiger partial charge in [0.25, 0.3) is 5.91 Å². The van der Waals surface area contributed by atoms with Crippen molar-refractivity contribution in [2.24, 2.45) is 5.10 Å². The highest BCUT2D eigenvalue weighted by Gasteiger charge is 2.13. The summed E-state index contributed by atoms with van der Waals surface area (Å²) in [7, 11) is 1.29. The first-order valence-corrected chi connectivity index (χ1v) is 8.33. The fourth-order valence-corrected chi connectivity index (χ4v) is 2.59. The van der Waals surface area contributed by atoms with Crippen molar-refractivity contribution in [2.45, 2.75) is 0 Å². The summed E-state index contributed by atoms with van der Waals surface area (Å²) in [5.74, 6) is 0.174. The molecule has 0 bridgehead atoms. The zero-order chi connectivity index (χ0) is 19.2. The minimum Gasteiger partial charge on any atom is -0.465 e. The van der Waals surface area contributed by atoms with E-state index >= 15 is 0 Å². The lowest BCUT2D eigenvalue weighted by Gasteiger charge is -2.04. The summed E-state index contributed by atoms with van der Waals surface area (Å²) in [5.41, 5.74) is 3.91. The normalized spacial score (nSPS) is 10.7. The first kappa shape index (κ1) is 18.4. The van der Waals surface area contributed by atoms with E-state index in [0.29, 0.717) is 22.6 Å². The fraction of sp³-hybridized carbons (Fsp3) is 0.0500. The molecule has 0 unspecified atom stereocenters. The van der Waals surface area contributed by atoms with Crippen LogP contribution in [0.15, 0.2) is 70.2 Å². The van der Waals surface area contributed by atoms with E-state index in [2.05, 4.69) is 15.3 Å². The largest absolute Gasteiger partial charge is 0.465 e. The number of hydrogen-bond acceptors (Lipinski definition) is 5. The molecule has 0 saturated carbocycles. The third-order valence-electron chi connectivity index (χ3n) is 3.68. The lowest BCUT2D eigenvalue weighted by atomic mass is 10.1. The third-order valence-corrected chi connectivity index (χ3v) is 3.99. The minimum absolute atomic E-state index is 0.265. The van der Waals surface area contributed by atoms with Gasteiger partial charge < -0.3 is 9.15 Å². The zero-order valence-corrected chi connectivity index (χ0v) is 15.1. The number of benzene rings is 2. The van der Waals surface area contributed by atoms with Crippen LogP contribution in [0.4, 0.5) is 0 Å². The van der Waals surface area contributed by atoms with Crippen molar-refractivity contribution in [3.63, 3.8) is 0 Å². The Kier molecular flexibility index (Phi) is 5.68. The highest BCUT2D eigenvalue weighted by Crippen LogP contribution is 2.27. The topological polar surface area (TPSA) is 80.9 Å². The van der Waals surface area contributed by atoms with Crippen LogP contribution < -0.4 is 5.43 Å². The van der Waals surface area contributed by atoms with E-state index < -0.39 is 5.97 Å². The Morgan fingerprint density at radius 2 is 1.89 bits per heavy atom. The van der Waals surface area contributed by atoms with Crippen LogP contribution in [0.1, 0.15) is 26.5 Å². The number of ether oxygens (including phenoxy) is 1. The average Bonchev–Trinajstić information content (AvgIpc) is 3.17. The summed E-state index contributed by atoms with van der Waals surface area (Å²) >= 11 is 6.12. The summed E-state index contributed by atoms with van der Waals surface area (Å²) in [5, 5.41) is 4.15. The second-order valence-electron chi connectivity index (χ2n) is 5.45. The van der Waals surface area contributed by atoms with Gasteiger partial charge in [-0.1, -0.05) is 35.9 Å². The number of halogens is 1. The highest BCUT2D eigenvalue weighted by molar-refractivity contribution is 6.33. The zero-order valence-electron chi connectivity index (χ0n) is 14.3. The lowest BCUT2D eigenvalue weighted by molar-refractivity contribution is 0.0600. The number of esters is 1. The van der Waals surface area contributed by atoms with Crippen molar-refractivity contribution in [2.75, 3.05) is 7.11 Å². The second-order valence-corrected chi connectivity index (χ2v) is 5.86. The van der Waals surface area contributed by atoms with Gasteiger partial charge in [0.2, 0.25) is 0 Å². The van der Waals surface area contributed by atoms with E-state index in [1.165, 1.54) is 13.3 Å². The van der Waals surface area contributed by atoms with Gasteiger partial charge in [0, 0.05) is 11.1 Å². The van der Waals surface area contributed by atoms with E-state index in [9.17, 15) is 9.59 Å². The summed E-state index contributed by atoms with van der Waals surface area (Å²) in [6.07, 6.45) is 1.40. The Morgan fingerprint density at radius 3 is 2.59 bits per heavy atom. The van der Waals surface area contributed by atoms with Gasteiger partial charge in [0.1, 0.15) is 11.5 Å². The molecule has 1 heterocycles. The summed E-state index contributed by atoms with van der Waals surface area (Å²) < 4.78 is 10.3. The molecule has 0 aliphatic carbocycles. The van der Waals surface area contributed by atoms with Crippen LogP contribution in [-0.4, -0.2) is 25.2 Å². The molecule has 27 heavy (non-hydrogen) atoms. The average molecular weight is 383 g/mol. The lowest BCUT2D eigenvalue weighted by Crippen LogP contribution is -2.17. The second kappa shape index (κ2) is 8.33. The van der Waals surface area contributed by atoms with E-state index in [1.54, 1.807) is 54.6 Å². The predicted octanol–water partition coefficient (Wildman–Crippen LogP) is 4.15. The van der Waals surface area contributed by atoms with Crippen LogP contribution in [0.25, 0.3) is 11.3 Å². The Balaban J connectivity index is 1.69. The van der Waals surface area contributed by atoms with Gasteiger partial charge in [-0.2, -0.15) is 5.10 Å². The molecule has 0 radical (unpaired) electrons. The first-order valence-electron chi connectivity index (χ1n) is 7.95. The number of hydrogen-bond donors (Lipinski definition) is 1. The Bertz CT molecular complexity index is 996. The number of furan rings is 1. The Morgan fingerprint density at radius 1 is 1.11 bits per heavy atom. The van der Waals surface area contributed by atoms with Crippen LogP contribution in [0.5, 0.6) is 0 Å². The van der Waals surface area contributed by atoms with Crippen molar-refractivity contribution in [3.8, 4) is 11.3 Å². The molecular formula is C20H15ClN2O4. The van der Waals surface area contributed by atoms with Crippen molar-refractivity contribution < 1.29 is 18.7 Å². The van der Waals surface area contributed by atoms with Gasteiger partial charge >= 0.3 is 5.97 Å². The SMILES string of the molecule is COC(=O)c1ccc(-c2ccc(/C=N\NC(=O)c3ccccc3)o2)cc1Cl. The van der Waals surface area contributed by atoms with Gasteiger partial charge in [-0.3, -0.25) is 4.79 Å². The molecule has 7 heteroatoms. The predicted molar refractivity (Wildman–Crippen MR) is 102 cm³/mol. The number of rotatable bonds is 5. The molecule has 0 saturated heterocycles. The number of carbonyl (C=O) groups is 2. The van der Waals surface area contributed by atoms with Crippen molar-refractivity contribution >= 4 is 29.7 Å². The van der Waals surface area contributed by atoms with Crippen LogP contribution >= 0.6 is 11.6 Å². The Hall–Kier alpha value is -3.38. The molecule has 136 valence electrons. The van der Waals surface area contributed by atoms with Gasteiger partial charge in [-0.05, 0) is 36.4 Å².